The fraction of sp³-hybridized carbons (Fsp3) is 0.235. The van der Waals surface area contributed by atoms with Crippen LogP contribution in [0.4, 0.5) is 13.2 Å². The summed E-state index contributed by atoms with van der Waals surface area (Å²) in [4.78, 5) is 23.1. The lowest BCUT2D eigenvalue weighted by Gasteiger charge is -2.28. The fourth-order valence-electron chi connectivity index (χ4n) is 2.69. The van der Waals surface area contributed by atoms with Gasteiger partial charge in [-0.25, -0.2) is 4.98 Å². The Morgan fingerprint density at radius 3 is 2.70 bits per heavy atom. The Bertz CT molecular complexity index is 1000. The molecule has 0 saturated carbocycles. The Morgan fingerprint density at radius 2 is 2.04 bits per heavy atom. The van der Waals surface area contributed by atoms with Gasteiger partial charge in [0.2, 0.25) is 5.91 Å². The molecular weight excluding hydrogens is 383 g/mol. The minimum absolute atomic E-state index is 0.209. The number of nitrogens with one attached hydrogen (secondary N) is 2. The maximum Gasteiger partial charge on any atom is 0.401 e. The molecule has 3 heterocycles. The summed E-state index contributed by atoms with van der Waals surface area (Å²) in [7, 11) is 0. The van der Waals surface area contributed by atoms with Crippen LogP contribution in [-0.4, -0.2) is 33.6 Å². The molecule has 3 rings (SSSR count). The van der Waals surface area contributed by atoms with Gasteiger partial charge in [0.15, 0.2) is 0 Å². The Kier molecular flexibility index (Phi) is 4.83. The molecule has 4 N–H and O–H groups in total. The SMILES string of the molecule is C[C@@](NCC(F)(F)F)(C(N)=O)c1cncc(-c2c[nH]c3ncc(Cl)cc23)c1. The average molecular weight is 398 g/mol. The molecule has 0 fully saturated rings. The number of nitrogens with two attached hydrogens (primary N) is 1. The number of carbonyl (C=O) groups excluding carboxylic acids is 1. The molecule has 0 aliphatic heterocycles. The van der Waals surface area contributed by atoms with Gasteiger partial charge in [-0.2, -0.15) is 13.2 Å². The number of pyridine rings is 2. The number of amides is 1. The Hall–Kier alpha value is -2.65. The number of hydrogen-bond donors (Lipinski definition) is 3. The van der Waals surface area contributed by atoms with Crippen LogP contribution in [0.1, 0.15) is 12.5 Å². The van der Waals surface area contributed by atoms with Gasteiger partial charge < -0.3 is 10.7 Å². The van der Waals surface area contributed by atoms with E-state index in [0.29, 0.717) is 27.2 Å². The Labute approximate surface area is 156 Å². The summed E-state index contributed by atoms with van der Waals surface area (Å²) in [6, 6.07) is 3.27. The van der Waals surface area contributed by atoms with E-state index in [4.69, 9.17) is 17.3 Å². The molecule has 1 amide bonds. The second kappa shape index (κ2) is 6.82. The van der Waals surface area contributed by atoms with E-state index < -0.39 is 24.2 Å². The van der Waals surface area contributed by atoms with Crippen LogP contribution in [0.15, 0.2) is 36.9 Å². The number of nitrogens with zero attached hydrogens (tertiary/aromatic N) is 2. The first-order chi connectivity index (χ1) is 12.6. The van der Waals surface area contributed by atoms with Gasteiger partial charge in [0, 0.05) is 46.9 Å². The number of halogens is 4. The van der Waals surface area contributed by atoms with Crippen molar-refractivity contribution < 1.29 is 18.0 Å². The number of primary amides is 1. The highest BCUT2D eigenvalue weighted by atomic mass is 35.5. The summed E-state index contributed by atoms with van der Waals surface area (Å²) in [5.41, 5.74) is 5.70. The summed E-state index contributed by atoms with van der Waals surface area (Å²) >= 11 is 5.99. The Balaban J connectivity index is 2.05. The van der Waals surface area contributed by atoms with Gasteiger partial charge in [-0.3, -0.25) is 15.1 Å². The van der Waals surface area contributed by atoms with E-state index in [0.717, 1.165) is 0 Å². The highest BCUT2D eigenvalue weighted by molar-refractivity contribution is 6.31. The van der Waals surface area contributed by atoms with Crippen LogP contribution in [0, 0.1) is 0 Å². The molecule has 0 aliphatic carbocycles. The zero-order chi connectivity index (χ0) is 19.8. The smallest absolute Gasteiger partial charge is 0.368 e. The molecule has 142 valence electrons. The van der Waals surface area contributed by atoms with Gasteiger partial charge in [-0.05, 0) is 19.1 Å². The minimum atomic E-state index is -4.50. The van der Waals surface area contributed by atoms with Crippen molar-refractivity contribution in [2.24, 2.45) is 5.73 Å². The van der Waals surface area contributed by atoms with Crippen LogP contribution in [0.2, 0.25) is 5.02 Å². The standard InChI is InChI=1S/C17H15ClF3N5O/c1-16(15(22)27,26-8-17(19,20)21)10-2-9(4-23-5-10)13-7-25-14-12(13)3-11(18)6-24-14/h2-7,26H,8H2,1H3,(H2,22,27)(H,24,25)/t16-/m0/s1. The normalized spacial score (nSPS) is 14.3. The molecular formula is C17H15ClF3N5O. The zero-order valence-electron chi connectivity index (χ0n) is 14.1. The number of alkyl halides is 3. The van der Waals surface area contributed by atoms with Gasteiger partial charge >= 0.3 is 6.18 Å². The predicted octanol–water partition coefficient (Wildman–Crippen LogP) is 3.13. The first-order valence-corrected chi connectivity index (χ1v) is 8.18. The number of H-pyrrole nitrogens is 1. The van der Waals surface area contributed by atoms with Crippen molar-refractivity contribution >= 4 is 28.5 Å². The second-order valence-corrected chi connectivity index (χ2v) is 6.61. The lowest BCUT2D eigenvalue weighted by Crippen LogP contribution is -2.53. The van der Waals surface area contributed by atoms with Crippen molar-refractivity contribution in [1.29, 1.82) is 0 Å². The van der Waals surface area contributed by atoms with Gasteiger partial charge in [0.05, 0.1) is 11.6 Å². The third-order valence-electron chi connectivity index (χ3n) is 4.26. The monoisotopic (exact) mass is 397 g/mol. The lowest BCUT2D eigenvalue weighted by molar-refractivity contribution is -0.135. The molecule has 0 spiro atoms. The maximum absolute atomic E-state index is 12.6. The van der Waals surface area contributed by atoms with Crippen molar-refractivity contribution in [3.8, 4) is 11.1 Å². The molecule has 6 nitrogen and oxygen atoms in total. The largest absolute Gasteiger partial charge is 0.401 e. The third-order valence-corrected chi connectivity index (χ3v) is 4.47. The lowest BCUT2D eigenvalue weighted by atomic mass is 9.90. The highest BCUT2D eigenvalue weighted by Crippen LogP contribution is 2.31. The number of hydrogen-bond acceptors (Lipinski definition) is 4. The zero-order valence-corrected chi connectivity index (χ0v) is 14.8. The summed E-state index contributed by atoms with van der Waals surface area (Å²) in [5, 5.41) is 3.33. The van der Waals surface area contributed by atoms with Crippen LogP contribution in [0.5, 0.6) is 0 Å². The summed E-state index contributed by atoms with van der Waals surface area (Å²) < 4.78 is 37.9. The fourth-order valence-corrected chi connectivity index (χ4v) is 2.84. The van der Waals surface area contributed by atoms with Crippen molar-refractivity contribution in [1.82, 2.24) is 20.3 Å². The van der Waals surface area contributed by atoms with E-state index in [1.54, 1.807) is 18.3 Å². The Morgan fingerprint density at radius 1 is 1.30 bits per heavy atom. The van der Waals surface area contributed by atoms with Gasteiger partial charge in [0.1, 0.15) is 11.2 Å². The van der Waals surface area contributed by atoms with Gasteiger partial charge in [-0.15, -0.1) is 0 Å². The molecule has 0 aliphatic rings. The van der Waals surface area contributed by atoms with E-state index >= 15 is 0 Å². The van der Waals surface area contributed by atoms with Gasteiger partial charge in [0.25, 0.3) is 0 Å². The van der Waals surface area contributed by atoms with E-state index in [2.05, 4.69) is 20.3 Å². The van der Waals surface area contributed by atoms with E-state index in [9.17, 15) is 18.0 Å². The predicted molar refractivity (Wildman–Crippen MR) is 94.9 cm³/mol. The number of rotatable bonds is 5. The number of aromatic amines is 1. The summed E-state index contributed by atoms with van der Waals surface area (Å²) in [6.07, 6.45) is 1.50. The molecule has 0 bridgehead atoms. The van der Waals surface area contributed by atoms with Crippen LogP contribution >= 0.6 is 11.6 Å². The minimum Gasteiger partial charge on any atom is -0.368 e. The van der Waals surface area contributed by atoms with Crippen LogP contribution < -0.4 is 11.1 Å². The third kappa shape index (κ3) is 3.88. The summed E-state index contributed by atoms with van der Waals surface area (Å²) in [6.45, 7) is -0.0845. The topological polar surface area (TPSA) is 96.7 Å². The number of fused-ring (bicyclic) bond motifs is 1. The maximum atomic E-state index is 12.6. The van der Waals surface area contributed by atoms with E-state index in [1.165, 1.54) is 25.5 Å². The van der Waals surface area contributed by atoms with E-state index in [1.807, 2.05) is 0 Å². The van der Waals surface area contributed by atoms with Crippen molar-refractivity contribution in [3.63, 3.8) is 0 Å². The molecule has 0 saturated heterocycles. The van der Waals surface area contributed by atoms with E-state index in [-0.39, 0.29) is 5.56 Å². The molecule has 0 radical (unpaired) electrons. The van der Waals surface area contributed by atoms with Crippen molar-refractivity contribution in [3.05, 3.63) is 47.5 Å². The van der Waals surface area contributed by atoms with Gasteiger partial charge in [-0.1, -0.05) is 11.6 Å². The number of aromatic nitrogens is 3. The van der Waals surface area contributed by atoms with Crippen LogP contribution in [0.25, 0.3) is 22.2 Å². The molecule has 0 unspecified atom stereocenters. The quantitative estimate of drug-likeness (QED) is 0.616. The average Bonchev–Trinajstić information content (AvgIpc) is 3.02. The molecule has 0 aromatic carbocycles. The number of carbonyl (C=O) groups is 1. The molecule has 3 aromatic rings. The molecule has 10 heteroatoms. The van der Waals surface area contributed by atoms with Crippen LogP contribution in [0.3, 0.4) is 0 Å². The second-order valence-electron chi connectivity index (χ2n) is 6.17. The highest BCUT2D eigenvalue weighted by Gasteiger charge is 2.38. The van der Waals surface area contributed by atoms with Crippen molar-refractivity contribution in [2.45, 2.75) is 18.6 Å². The molecule has 3 aromatic heterocycles. The van der Waals surface area contributed by atoms with Crippen LogP contribution in [-0.2, 0) is 10.3 Å². The molecule has 27 heavy (non-hydrogen) atoms. The summed E-state index contributed by atoms with van der Waals surface area (Å²) in [5.74, 6) is -0.950. The first-order valence-electron chi connectivity index (χ1n) is 7.80. The first kappa shape index (κ1) is 19.1. The van der Waals surface area contributed by atoms with Crippen molar-refractivity contribution in [2.75, 3.05) is 6.54 Å². The molecule has 1 atom stereocenters.